The zero-order valence-corrected chi connectivity index (χ0v) is 12.1. The molecule has 104 valence electrons. The number of methoxy groups -OCH3 is 1. The minimum Gasteiger partial charge on any atom is -0.496 e. The Morgan fingerprint density at radius 1 is 1.37 bits per heavy atom. The second-order valence-corrected chi connectivity index (χ2v) is 5.23. The highest BCUT2D eigenvalue weighted by Gasteiger charge is 2.27. The first-order valence-corrected chi connectivity index (χ1v) is 6.63. The van der Waals surface area contributed by atoms with Gasteiger partial charge in [-0.25, -0.2) is 0 Å². The standard InChI is InChI=1S/C15H22N2O2/c1-10-11(2)14(19-4)6-5-12(10)9-17(3)15(18)13-7-16-8-13/h5-6,13,16H,7-9H2,1-4H3. The fourth-order valence-electron chi connectivity index (χ4n) is 2.35. The van der Waals surface area contributed by atoms with Crippen LogP contribution in [0.4, 0.5) is 0 Å². The van der Waals surface area contributed by atoms with Gasteiger partial charge in [0, 0.05) is 26.7 Å². The molecule has 1 heterocycles. The average molecular weight is 262 g/mol. The van der Waals surface area contributed by atoms with Gasteiger partial charge in [0.25, 0.3) is 0 Å². The van der Waals surface area contributed by atoms with Crippen molar-refractivity contribution in [3.05, 3.63) is 28.8 Å². The van der Waals surface area contributed by atoms with Crippen LogP contribution in [0.25, 0.3) is 0 Å². The molecule has 2 rings (SSSR count). The Morgan fingerprint density at radius 2 is 2.05 bits per heavy atom. The smallest absolute Gasteiger partial charge is 0.228 e. The van der Waals surface area contributed by atoms with Crippen molar-refractivity contribution in [1.82, 2.24) is 10.2 Å². The van der Waals surface area contributed by atoms with E-state index in [1.807, 2.05) is 24.1 Å². The molecule has 1 saturated heterocycles. The van der Waals surface area contributed by atoms with Crippen LogP contribution >= 0.6 is 0 Å². The maximum atomic E-state index is 12.1. The SMILES string of the molecule is COc1ccc(CN(C)C(=O)C2CNC2)c(C)c1C. The maximum Gasteiger partial charge on any atom is 0.228 e. The van der Waals surface area contributed by atoms with E-state index in [0.29, 0.717) is 6.54 Å². The van der Waals surface area contributed by atoms with Crippen molar-refractivity contribution in [3.63, 3.8) is 0 Å². The van der Waals surface area contributed by atoms with Gasteiger partial charge in [0.1, 0.15) is 5.75 Å². The summed E-state index contributed by atoms with van der Waals surface area (Å²) >= 11 is 0. The predicted molar refractivity (Wildman–Crippen MR) is 75.3 cm³/mol. The third kappa shape index (κ3) is 2.73. The summed E-state index contributed by atoms with van der Waals surface area (Å²) in [6.07, 6.45) is 0. The Balaban J connectivity index is 2.10. The molecule has 1 amide bonds. The maximum absolute atomic E-state index is 12.1. The van der Waals surface area contributed by atoms with Crippen LogP contribution in [0.1, 0.15) is 16.7 Å². The Labute approximate surface area is 114 Å². The van der Waals surface area contributed by atoms with E-state index < -0.39 is 0 Å². The number of benzene rings is 1. The molecule has 1 aliphatic heterocycles. The predicted octanol–water partition coefficient (Wildman–Crippen LogP) is 1.49. The van der Waals surface area contributed by atoms with E-state index in [4.69, 9.17) is 4.74 Å². The van der Waals surface area contributed by atoms with Crippen LogP contribution < -0.4 is 10.1 Å². The molecule has 0 spiro atoms. The number of carbonyl (C=O) groups excluding carboxylic acids is 1. The number of nitrogens with one attached hydrogen (secondary N) is 1. The second-order valence-electron chi connectivity index (χ2n) is 5.23. The largest absolute Gasteiger partial charge is 0.496 e. The van der Waals surface area contributed by atoms with E-state index in [0.717, 1.165) is 24.4 Å². The van der Waals surface area contributed by atoms with Crippen molar-refractivity contribution < 1.29 is 9.53 Å². The third-order valence-corrected chi connectivity index (χ3v) is 3.98. The van der Waals surface area contributed by atoms with Gasteiger partial charge in [-0.1, -0.05) is 6.07 Å². The van der Waals surface area contributed by atoms with Crippen LogP contribution in [0.2, 0.25) is 0 Å². The molecule has 1 aromatic carbocycles. The second kappa shape index (κ2) is 5.61. The van der Waals surface area contributed by atoms with E-state index in [1.54, 1.807) is 7.11 Å². The molecule has 0 unspecified atom stereocenters. The van der Waals surface area contributed by atoms with Gasteiger partial charge in [0.2, 0.25) is 5.91 Å². The number of carbonyl (C=O) groups is 1. The minimum absolute atomic E-state index is 0.157. The first-order chi connectivity index (χ1) is 9.04. The summed E-state index contributed by atoms with van der Waals surface area (Å²) < 4.78 is 5.31. The summed E-state index contributed by atoms with van der Waals surface area (Å²) in [7, 11) is 3.56. The molecule has 1 N–H and O–H groups in total. The van der Waals surface area contributed by atoms with Gasteiger partial charge in [-0.05, 0) is 36.6 Å². The minimum atomic E-state index is 0.157. The molecule has 0 bridgehead atoms. The Hall–Kier alpha value is -1.55. The summed E-state index contributed by atoms with van der Waals surface area (Å²) in [5, 5.41) is 3.13. The van der Waals surface area contributed by atoms with E-state index in [2.05, 4.69) is 19.2 Å². The van der Waals surface area contributed by atoms with Gasteiger partial charge < -0.3 is 15.0 Å². The molecule has 1 aromatic rings. The zero-order valence-electron chi connectivity index (χ0n) is 12.1. The lowest BCUT2D eigenvalue weighted by Gasteiger charge is -2.30. The van der Waals surface area contributed by atoms with Crippen molar-refractivity contribution in [2.75, 3.05) is 27.2 Å². The number of nitrogens with zero attached hydrogens (tertiary/aromatic N) is 1. The van der Waals surface area contributed by atoms with Crippen LogP contribution in [0.5, 0.6) is 5.75 Å². The quantitative estimate of drug-likeness (QED) is 0.894. The van der Waals surface area contributed by atoms with Gasteiger partial charge in [-0.2, -0.15) is 0 Å². The van der Waals surface area contributed by atoms with Gasteiger partial charge in [-0.15, -0.1) is 0 Å². The Kier molecular flexibility index (Phi) is 4.10. The number of hydrogen-bond acceptors (Lipinski definition) is 3. The lowest BCUT2D eigenvalue weighted by Crippen LogP contribution is -2.51. The molecule has 0 atom stereocenters. The molecule has 0 radical (unpaired) electrons. The highest BCUT2D eigenvalue weighted by Crippen LogP contribution is 2.25. The van der Waals surface area contributed by atoms with Crippen molar-refractivity contribution in [3.8, 4) is 5.75 Å². The molecular formula is C15H22N2O2. The first kappa shape index (κ1) is 13.9. The topological polar surface area (TPSA) is 41.6 Å². The van der Waals surface area contributed by atoms with Crippen molar-refractivity contribution >= 4 is 5.91 Å². The normalized spacial score (nSPS) is 14.9. The fraction of sp³-hybridized carbons (Fsp3) is 0.533. The lowest BCUT2D eigenvalue weighted by atomic mass is 9.99. The average Bonchev–Trinajstić information content (AvgIpc) is 2.33. The van der Waals surface area contributed by atoms with Crippen molar-refractivity contribution in [2.24, 2.45) is 5.92 Å². The molecule has 4 nitrogen and oxygen atoms in total. The third-order valence-electron chi connectivity index (χ3n) is 3.98. The molecular weight excluding hydrogens is 240 g/mol. The van der Waals surface area contributed by atoms with Crippen LogP contribution in [0, 0.1) is 19.8 Å². The van der Waals surface area contributed by atoms with Crippen molar-refractivity contribution in [1.29, 1.82) is 0 Å². The van der Waals surface area contributed by atoms with Gasteiger partial charge in [0.15, 0.2) is 0 Å². The van der Waals surface area contributed by atoms with Crippen LogP contribution in [-0.4, -0.2) is 38.1 Å². The fourth-order valence-corrected chi connectivity index (χ4v) is 2.35. The van der Waals surface area contributed by atoms with E-state index >= 15 is 0 Å². The highest BCUT2D eigenvalue weighted by atomic mass is 16.5. The Morgan fingerprint density at radius 3 is 2.58 bits per heavy atom. The number of hydrogen-bond donors (Lipinski definition) is 1. The molecule has 1 aliphatic rings. The van der Waals surface area contributed by atoms with Crippen LogP contribution in [0.15, 0.2) is 12.1 Å². The van der Waals surface area contributed by atoms with E-state index in [-0.39, 0.29) is 11.8 Å². The van der Waals surface area contributed by atoms with Gasteiger partial charge in [0.05, 0.1) is 13.0 Å². The lowest BCUT2D eigenvalue weighted by molar-refractivity contribution is -0.136. The Bertz CT molecular complexity index is 481. The van der Waals surface area contributed by atoms with E-state index in [1.165, 1.54) is 11.1 Å². The number of amides is 1. The summed E-state index contributed by atoms with van der Waals surface area (Å²) in [5.74, 6) is 1.29. The molecule has 19 heavy (non-hydrogen) atoms. The number of rotatable bonds is 4. The summed E-state index contributed by atoms with van der Waals surface area (Å²) in [5.41, 5.74) is 3.53. The highest BCUT2D eigenvalue weighted by molar-refractivity contribution is 5.80. The van der Waals surface area contributed by atoms with Gasteiger partial charge >= 0.3 is 0 Å². The summed E-state index contributed by atoms with van der Waals surface area (Å²) in [4.78, 5) is 13.9. The molecule has 0 aliphatic carbocycles. The monoisotopic (exact) mass is 262 g/mol. The number of ether oxygens (including phenoxy) is 1. The first-order valence-electron chi connectivity index (χ1n) is 6.63. The molecule has 4 heteroatoms. The molecule has 1 fully saturated rings. The van der Waals surface area contributed by atoms with Crippen LogP contribution in [0.3, 0.4) is 0 Å². The molecule has 0 saturated carbocycles. The van der Waals surface area contributed by atoms with Crippen LogP contribution in [-0.2, 0) is 11.3 Å². The van der Waals surface area contributed by atoms with Crippen molar-refractivity contribution in [2.45, 2.75) is 20.4 Å². The zero-order chi connectivity index (χ0) is 14.0. The van der Waals surface area contributed by atoms with Gasteiger partial charge in [-0.3, -0.25) is 4.79 Å². The van der Waals surface area contributed by atoms with E-state index in [9.17, 15) is 4.79 Å². The summed E-state index contributed by atoms with van der Waals surface area (Å²) in [6.45, 7) is 6.41. The summed E-state index contributed by atoms with van der Waals surface area (Å²) in [6, 6.07) is 4.02. The molecule has 0 aromatic heterocycles.